The first-order valence-electron chi connectivity index (χ1n) is 5.93. The van der Waals surface area contributed by atoms with Crippen LogP contribution < -0.4 is 4.72 Å². The molecule has 0 bridgehead atoms. The van der Waals surface area contributed by atoms with Crippen LogP contribution >= 0.6 is 11.3 Å². The monoisotopic (exact) mass is 296 g/mol. The number of nitrogens with zero attached hydrogens (tertiary/aromatic N) is 1. The lowest BCUT2D eigenvalue weighted by atomic mass is 10.2. The summed E-state index contributed by atoms with van der Waals surface area (Å²) in [4.78, 5) is 4.26. The van der Waals surface area contributed by atoms with E-state index in [4.69, 9.17) is 0 Å². The first kappa shape index (κ1) is 14.0. The Morgan fingerprint density at radius 1 is 1.32 bits per heavy atom. The third-order valence-electron chi connectivity index (χ3n) is 2.54. The van der Waals surface area contributed by atoms with Crippen molar-refractivity contribution >= 4 is 27.0 Å². The van der Waals surface area contributed by atoms with Gasteiger partial charge in [-0.15, -0.1) is 11.3 Å². The summed E-state index contributed by atoms with van der Waals surface area (Å²) in [5, 5.41) is 2.78. The molecule has 0 aliphatic carbocycles. The number of aromatic nitrogens is 1. The van der Waals surface area contributed by atoms with E-state index in [1.807, 2.05) is 37.4 Å². The lowest BCUT2D eigenvalue weighted by Crippen LogP contribution is -2.18. The molecule has 0 saturated heterocycles. The third-order valence-corrected chi connectivity index (χ3v) is 4.86. The first-order valence-corrected chi connectivity index (χ1v) is 8.46. The minimum absolute atomic E-state index is 0.0495. The minimum Gasteiger partial charge on any atom is -0.284 e. The molecule has 0 saturated carbocycles. The molecule has 0 amide bonds. The molecular weight excluding hydrogens is 280 g/mol. The van der Waals surface area contributed by atoms with Crippen molar-refractivity contribution in [1.82, 2.24) is 4.98 Å². The zero-order valence-electron chi connectivity index (χ0n) is 10.9. The van der Waals surface area contributed by atoms with Crippen LogP contribution in [0.15, 0.2) is 29.6 Å². The number of sulfonamides is 1. The predicted octanol–water partition coefficient (Wildman–Crippen LogP) is 2.74. The SMILES string of the molecule is Cc1cccc(NS(=O)(=O)CCc2nc(C)cs2)c1. The Hall–Kier alpha value is -1.40. The third kappa shape index (κ3) is 4.33. The van der Waals surface area contributed by atoms with Crippen LogP contribution in [-0.2, 0) is 16.4 Å². The molecule has 0 atom stereocenters. The Morgan fingerprint density at radius 3 is 2.74 bits per heavy atom. The maximum Gasteiger partial charge on any atom is 0.233 e. The van der Waals surface area contributed by atoms with Crippen LogP contribution in [0.1, 0.15) is 16.3 Å². The van der Waals surface area contributed by atoms with Gasteiger partial charge in [-0.05, 0) is 31.5 Å². The van der Waals surface area contributed by atoms with E-state index in [0.29, 0.717) is 12.1 Å². The molecular formula is C13H16N2O2S2. The lowest BCUT2D eigenvalue weighted by Gasteiger charge is -2.07. The number of nitrogens with one attached hydrogen (secondary N) is 1. The number of anilines is 1. The van der Waals surface area contributed by atoms with Crippen molar-refractivity contribution in [3.05, 3.63) is 45.9 Å². The van der Waals surface area contributed by atoms with Crippen LogP contribution in [0.5, 0.6) is 0 Å². The van der Waals surface area contributed by atoms with Crippen LogP contribution in [0.25, 0.3) is 0 Å². The van der Waals surface area contributed by atoms with Crippen LogP contribution in [0.3, 0.4) is 0 Å². The maximum absolute atomic E-state index is 12.0. The quantitative estimate of drug-likeness (QED) is 0.923. The Balaban J connectivity index is 1.99. The number of aryl methyl sites for hydroxylation is 3. The molecule has 19 heavy (non-hydrogen) atoms. The van der Waals surface area contributed by atoms with E-state index in [1.54, 1.807) is 6.07 Å². The van der Waals surface area contributed by atoms with Crippen LogP contribution in [0, 0.1) is 13.8 Å². The topological polar surface area (TPSA) is 59.1 Å². The number of hydrogen-bond acceptors (Lipinski definition) is 4. The summed E-state index contributed by atoms with van der Waals surface area (Å²) in [6, 6.07) is 7.32. The fraction of sp³-hybridized carbons (Fsp3) is 0.308. The Labute approximate surface area is 117 Å². The second kappa shape index (κ2) is 5.71. The summed E-state index contributed by atoms with van der Waals surface area (Å²) >= 11 is 1.50. The average Bonchev–Trinajstić information content (AvgIpc) is 2.72. The number of rotatable bonds is 5. The van der Waals surface area contributed by atoms with Gasteiger partial charge < -0.3 is 0 Å². The fourth-order valence-electron chi connectivity index (χ4n) is 1.68. The van der Waals surface area contributed by atoms with E-state index < -0.39 is 10.0 Å². The number of benzene rings is 1. The van der Waals surface area contributed by atoms with E-state index in [2.05, 4.69) is 9.71 Å². The molecule has 102 valence electrons. The van der Waals surface area contributed by atoms with Gasteiger partial charge in [-0.2, -0.15) is 0 Å². The predicted molar refractivity (Wildman–Crippen MR) is 79.1 cm³/mol. The molecule has 1 aromatic heterocycles. The van der Waals surface area contributed by atoms with Crippen molar-refractivity contribution in [2.24, 2.45) is 0 Å². The standard InChI is InChI=1S/C13H16N2O2S2/c1-10-4-3-5-12(8-10)15-19(16,17)7-6-13-14-11(2)9-18-13/h3-5,8-9,15H,6-7H2,1-2H3. The van der Waals surface area contributed by atoms with E-state index >= 15 is 0 Å². The molecule has 0 fully saturated rings. The zero-order chi connectivity index (χ0) is 13.9. The summed E-state index contributed by atoms with van der Waals surface area (Å²) in [7, 11) is -3.32. The molecule has 0 aliphatic heterocycles. The molecule has 2 rings (SSSR count). The molecule has 1 heterocycles. The molecule has 0 unspecified atom stereocenters. The second-order valence-corrected chi connectivity index (χ2v) is 7.21. The van der Waals surface area contributed by atoms with Crippen molar-refractivity contribution < 1.29 is 8.42 Å². The highest BCUT2D eigenvalue weighted by Crippen LogP contribution is 2.14. The van der Waals surface area contributed by atoms with Gasteiger partial charge in [0.15, 0.2) is 0 Å². The van der Waals surface area contributed by atoms with Crippen LogP contribution in [0.4, 0.5) is 5.69 Å². The van der Waals surface area contributed by atoms with E-state index in [0.717, 1.165) is 16.3 Å². The van der Waals surface area contributed by atoms with E-state index in [-0.39, 0.29) is 5.75 Å². The minimum atomic E-state index is -3.32. The van der Waals surface area contributed by atoms with Crippen molar-refractivity contribution in [3.8, 4) is 0 Å². The van der Waals surface area contributed by atoms with Crippen molar-refractivity contribution in [2.45, 2.75) is 20.3 Å². The normalized spacial score (nSPS) is 11.5. The summed E-state index contributed by atoms with van der Waals surface area (Å²) in [5.74, 6) is 0.0495. The average molecular weight is 296 g/mol. The maximum atomic E-state index is 12.0. The highest BCUT2D eigenvalue weighted by atomic mass is 32.2. The zero-order valence-corrected chi connectivity index (χ0v) is 12.5. The van der Waals surface area contributed by atoms with Crippen LogP contribution in [0.2, 0.25) is 0 Å². The largest absolute Gasteiger partial charge is 0.284 e. The summed E-state index contributed by atoms with van der Waals surface area (Å²) in [6.45, 7) is 3.83. The van der Waals surface area contributed by atoms with Gasteiger partial charge in [0.25, 0.3) is 0 Å². The van der Waals surface area contributed by atoms with Crippen LogP contribution in [-0.4, -0.2) is 19.2 Å². The van der Waals surface area contributed by atoms with E-state index in [1.165, 1.54) is 11.3 Å². The Bertz CT molecular complexity index is 663. The molecule has 0 spiro atoms. The molecule has 4 nitrogen and oxygen atoms in total. The summed E-state index contributed by atoms with van der Waals surface area (Å²) in [6.07, 6.45) is 0.444. The highest BCUT2D eigenvalue weighted by Gasteiger charge is 2.12. The van der Waals surface area contributed by atoms with Gasteiger partial charge in [-0.25, -0.2) is 13.4 Å². The first-order chi connectivity index (χ1) is 8.94. The van der Waals surface area contributed by atoms with E-state index in [9.17, 15) is 8.42 Å². The van der Waals surface area contributed by atoms with Crippen molar-refractivity contribution in [2.75, 3.05) is 10.5 Å². The molecule has 1 N–H and O–H groups in total. The van der Waals surface area contributed by atoms with Gasteiger partial charge in [0.2, 0.25) is 10.0 Å². The lowest BCUT2D eigenvalue weighted by molar-refractivity contribution is 0.600. The second-order valence-electron chi connectivity index (χ2n) is 4.42. The summed E-state index contributed by atoms with van der Waals surface area (Å²) < 4.78 is 26.5. The smallest absolute Gasteiger partial charge is 0.233 e. The number of hydrogen-bond donors (Lipinski definition) is 1. The van der Waals surface area contributed by atoms with Gasteiger partial charge in [-0.1, -0.05) is 12.1 Å². The Kier molecular flexibility index (Phi) is 4.21. The summed E-state index contributed by atoms with van der Waals surface area (Å²) in [5.41, 5.74) is 2.56. The molecule has 0 aliphatic rings. The number of thiazole rings is 1. The van der Waals surface area contributed by atoms with Crippen molar-refractivity contribution in [1.29, 1.82) is 0 Å². The van der Waals surface area contributed by atoms with Gasteiger partial charge >= 0.3 is 0 Å². The van der Waals surface area contributed by atoms with Crippen molar-refractivity contribution in [3.63, 3.8) is 0 Å². The van der Waals surface area contributed by atoms with Gasteiger partial charge in [0, 0.05) is 23.2 Å². The molecule has 2 aromatic rings. The van der Waals surface area contributed by atoms with Gasteiger partial charge in [0.05, 0.1) is 10.8 Å². The molecule has 6 heteroatoms. The van der Waals surface area contributed by atoms with Gasteiger partial charge in [0.1, 0.15) is 0 Å². The Morgan fingerprint density at radius 2 is 2.11 bits per heavy atom. The van der Waals surface area contributed by atoms with Gasteiger partial charge in [-0.3, -0.25) is 4.72 Å². The fourth-order valence-corrected chi connectivity index (χ4v) is 3.63. The molecule has 1 aromatic carbocycles. The molecule has 0 radical (unpaired) electrons. The highest BCUT2D eigenvalue weighted by molar-refractivity contribution is 7.92.